The number of carbonyl (C=O) groups is 1. The number of anilines is 1. The van der Waals surface area contributed by atoms with Crippen molar-refractivity contribution in [3.8, 4) is 0 Å². The molecule has 0 spiro atoms. The number of aromatic nitrogens is 1. The van der Waals surface area contributed by atoms with Crippen LogP contribution in [0.4, 0.5) is 5.13 Å². The summed E-state index contributed by atoms with van der Waals surface area (Å²) in [5.74, 6) is 0. The molecule has 0 saturated heterocycles. The van der Waals surface area contributed by atoms with Gasteiger partial charge in [0.05, 0.1) is 17.2 Å². The van der Waals surface area contributed by atoms with Crippen LogP contribution in [0.1, 0.15) is 41.6 Å². The Morgan fingerprint density at radius 2 is 2.24 bits per heavy atom. The van der Waals surface area contributed by atoms with Crippen LogP contribution in [0.5, 0.6) is 0 Å². The molecule has 0 radical (unpaired) electrons. The van der Waals surface area contributed by atoms with Gasteiger partial charge in [-0.05, 0) is 6.42 Å². The Morgan fingerprint density at radius 1 is 1.47 bits per heavy atom. The zero-order valence-electron chi connectivity index (χ0n) is 10.7. The first-order valence-electron chi connectivity index (χ1n) is 5.87. The fourth-order valence-corrected chi connectivity index (χ4v) is 2.41. The van der Waals surface area contributed by atoms with Gasteiger partial charge in [0.25, 0.3) is 0 Å². The number of aldehydes is 1. The van der Waals surface area contributed by atoms with Gasteiger partial charge in [0, 0.05) is 20.7 Å². The molecule has 17 heavy (non-hydrogen) atoms. The number of methoxy groups -OCH3 is 1. The first-order chi connectivity index (χ1) is 8.22. The number of rotatable bonds is 8. The number of hydrogen-bond acceptors (Lipinski definition) is 5. The van der Waals surface area contributed by atoms with Crippen molar-refractivity contribution >= 4 is 22.8 Å². The maximum atomic E-state index is 10.9. The summed E-state index contributed by atoms with van der Waals surface area (Å²) in [4.78, 5) is 18.1. The van der Waals surface area contributed by atoms with Crippen LogP contribution in [-0.4, -0.2) is 32.0 Å². The summed E-state index contributed by atoms with van der Waals surface area (Å²) >= 11 is 1.43. The minimum atomic E-state index is 0.396. The lowest BCUT2D eigenvalue weighted by atomic mass is 10.2. The molecule has 0 unspecified atom stereocenters. The number of unbranched alkanes of at least 4 members (excludes halogenated alkanes) is 2. The van der Waals surface area contributed by atoms with Gasteiger partial charge < -0.3 is 9.64 Å². The highest BCUT2D eigenvalue weighted by Gasteiger charge is 2.13. The Bertz CT molecular complexity index is 352. The normalized spacial score (nSPS) is 10.5. The third-order valence-electron chi connectivity index (χ3n) is 2.53. The third-order valence-corrected chi connectivity index (χ3v) is 3.67. The zero-order valence-corrected chi connectivity index (χ0v) is 11.5. The second-order valence-corrected chi connectivity index (χ2v) is 5.00. The Balaban J connectivity index is 2.66. The Morgan fingerprint density at radius 3 is 2.82 bits per heavy atom. The number of hydrogen-bond donors (Lipinski definition) is 0. The van der Waals surface area contributed by atoms with Crippen molar-refractivity contribution in [2.24, 2.45) is 0 Å². The lowest BCUT2D eigenvalue weighted by molar-refractivity contribution is 0.112. The summed E-state index contributed by atoms with van der Waals surface area (Å²) in [5, 5.41) is 0.898. The van der Waals surface area contributed by atoms with Gasteiger partial charge in [0.2, 0.25) is 0 Å². The topological polar surface area (TPSA) is 42.4 Å². The van der Waals surface area contributed by atoms with E-state index in [4.69, 9.17) is 4.74 Å². The van der Waals surface area contributed by atoms with Crippen molar-refractivity contribution in [1.29, 1.82) is 0 Å². The van der Waals surface area contributed by atoms with Gasteiger partial charge in [0.15, 0.2) is 11.4 Å². The molecule has 0 saturated carbocycles. The number of ether oxygens (including phenoxy) is 1. The lowest BCUT2D eigenvalue weighted by Crippen LogP contribution is -2.18. The molecule has 0 aromatic carbocycles. The molecule has 0 aliphatic carbocycles. The Labute approximate surface area is 107 Å². The van der Waals surface area contributed by atoms with E-state index in [0.29, 0.717) is 11.5 Å². The van der Waals surface area contributed by atoms with Crippen LogP contribution in [0.2, 0.25) is 0 Å². The standard InChI is InChI=1S/C12H20N2O2S/c1-4-5-6-7-14(2)12-13-10(9-16-3)11(8-15)17-12/h8H,4-7,9H2,1-3H3. The molecule has 0 fully saturated rings. The van der Waals surface area contributed by atoms with Crippen LogP contribution in [0.15, 0.2) is 0 Å². The highest BCUT2D eigenvalue weighted by molar-refractivity contribution is 7.17. The quantitative estimate of drug-likeness (QED) is 0.530. The third kappa shape index (κ3) is 4.09. The van der Waals surface area contributed by atoms with Crippen LogP contribution in [0, 0.1) is 0 Å². The molecule has 4 nitrogen and oxygen atoms in total. The predicted octanol–water partition coefficient (Wildman–Crippen LogP) is 2.73. The summed E-state index contributed by atoms with van der Waals surface area (Å²) in [6.07, 6.45) is 4.44. The molecule has 0 aliphatic heterocycles. The van der Waals surface area contributed by atoms with E-state index < -0.39 is 0 Å². The highest BCUT2D eigenvalue weighted by atomic mass is 32.1. The van der Waals surface area contributed by atoms with Gasteiger partial charge in [-0.15, -0.1) is 0 Å². The molecular formula is C12H20N2O2S. The molecule has 1 heterocycles. The number of nitrogens with zero attached hydrogens (tertiary/aromatic N) is 2. The number of thiazole rings is 1. The molecule has 1 aromatic rings. The van der Waals surface area contributed by atoms with Crippen LogP contribution >= 0.6 is 11.3 Å². The summed E-state index contributed by atoms with van der Waals surface area (Å²) in [6, 6.07) is 0. The first-order valence-corrected chi connectivity index (χ1v) is 6.69. The van der Waals surface area contributed by atoms with Crippen LogP contribution in [0.3, 0.4) is 0 Å². The molecule has 1 aromatic heterocycles. The minimum absolute atomic E-state index is 0.396. The maximum absolute atomic E-state index is 10.9. The predicted molar refractivity (Wildman–Crippen MR) is 71.0 cm³/mol. The maximum Gasteiger partial charge on any atom is 0.186 e. The van der Waals surface area contributed by atoms with E-state index >= 15 is 0 Å². The van der Waals surface area contributed by atoms with Crippen LogP contribution in [0.25, 0.3) is 0 Å². The van der Waals surface area contributed by atoms with Gasteiger partial charge in [-0.3, -0.25) is 4.79 Å². The zero-order chi connectivity index (χ0) is 12.7. The average Bonchev–Trinajstić information content (AvgIpc) is 2.73. The van der Waals surface area contributed by atoms with E-state index in [1.54, 1.807) is 7.11 Å². The Hall–Kier alpha value is -0.940. The van der Waals surface area contributed by atoms with Gasteiger partial charge in [-0.25, -0.2) is 4.98 Å². The summed E-state index contributed by atoms with van der Waals surface area (Å²) in [7, 11) is 3.62. The molecule has 0 bridgehead atoms. The van der Waals surface area contributed by atoms with Crippen molar-refractivity contribution in [3.63, 3.8) is 0 Å². The summed E-state index contributed by atoms with van der Waals surface area (Å²) in [6.45, 7) is 3.56. The molecule has 0 amide bonds. The van der Waals surface area contributed by atoms with Gasteiger partial charge in [-0.2, -0.15) is 0 Å². The lowest BCUT2D eigenvalue weighted by Gasteiger charge is -2.14. The fourth-order valence-electron chi connectivity index (χ4n) is 1.54. The van der Waals surface area contributed by atoms with E-state index in [9.17, 15) is 4.79 Å². The molecule has 0 N–H and O–H groups in total. The van der Waals surface area contributed by atoms with Gasteiger partial charge >= 0.3 is 0 Å². The average molecular weight is 256 g/mol. The van der Waals surface area contributed by atoms with E-state index in [-0.39, 0.29) is 0 Å². The van der Waals surface area contributed by atoms with E-state index in [2.05, 4.69) is 16.8 Å². The van der Waals surface area contributed by atoms with Crippen LogP contribution < -0.4 is 4.90 Å². The van der Waals surface area contributed by atoms with Crippen molar-refractivity contribution in [2.45, 2.75) is 32.8 Å². The Kier molecular flexibility index (Phi) is 6.15. The fraction of sp³-hybridized carbons (Fsp3) is 0.667. The van der Waals surface area contributed by atoms with Crippen molar-refractivity contribution in [2.75, 3.05) is 25.6 Å². The second-order valence-electron chi connectivity index (χ2n) is 3.99. The van der Waals surface area contributed by atoms with E-state index in [0.717, 1.165) is 30.1 Å². The first kappa shape index (κ1) is 14.1. The molecule has 5 heteroatoms. The van der Waals surface area contributed by atoms with Crippen LogP contribution in [-0.2, 0) is 11.3 Å². The van der Waals surface area contributed by atoms with Gasteiger partial charge in [0.1, 0.15) is 0 Å². The molecule has 0 atom stereocenters. The smallest absolute Gasteiger partial charge is 0.186 e. The van der Waals surface area contributed by atoms with Crippen molar-refractivity contribution in [3.05, 3.63) is 10.6 Å². The van der Waals surface area contributed by atoms with Crippen molar-refractivity contribution < 1.29 is 9.53 Å². The highest BCUT2D eigenvalue weighted by Crippen LogP contribution is 2.25. The number of carbonyl (C=O) groups excluding carboxylic acids is 1. The minimum Gasteiger partial charge on any atom is -0.378 e. The van der Waals surface area contributed by atoms with Crippen molar-refractivity contribution in [1.82, 2.24) is 4.98 Å². The van der Waals surface area contributed by atoms with E-state index in [1.165, 1.54) is 24.2 Å². The monoisotopic (exact) mass is 256 g/mol. The van der Waals surface area contributed by atoms with E-state index in [1.807, 2.05) is 7.05 Å². The molecule has 1 rings (SSSR count). The largest absolute Gasteiger partial charge is 0.378 e. The van der Waals surface area contributed by atoms with Gasteiger partial charge in [-0.1, -0.05) is 31.1 Å². The summed E-state index contributed by atoms with van der Waals surface area (Å²) < 4.78 is 5.03. The SMILES string of the molecule is CCCCCN(C)c1nc(COC)c(C=O)s1. The molecular weight excluding hydrogens is 236 g/mol. The molecule has 96 valence electrons. The molecule has 0 aliphatic rings. The second kappa shape index (κ2) is 7.40. The summed E-state index contributed by atoms with van der Waals surface area (Å²) in [5.41, 5.74) is 0.741.